The second kappa shape index (κ2) is 6.47. The summed E-state index contributed by atoms with van der Waals surface area (Å²) < 4.78 is 2.69. The van der Waals surface area contributed by atoms with Crippen LogP contribution < -0.4 is 0 Å². The maximum absolute atomic E-state index is 9.85. The largest absolute Gasteiger partial charge is 0.395 e. The molecular formula is C14H18BrN3O2. The minimum atomic E-state index is -0.760. The summed E-state index contributed by atoms with van der Waals surface area (Å²) in [7, 11) is 0. The number of aromatic nitrogens is 3. The van der Waals surface area contributed by atoms with Crippen molar-refractivity contribution in [2.75, 3.05) is 13.2 Å². The number of hydrogen-bond acceptors (Lipinski definition) is 4. The highest BCUT2D eigenvalue weighted by atomic mass is 79.9. The fraction of sp³-hybridized carbons (Fsp3) is 0.429. The highest BCUT2D eigenvalue weighted by molar-refractivity contribution is 9.10. The van der Waals surface area contributed by atoms with Gasteiger partial charge in [0.25, 0.3) is 0 Å². The van der Waals surface area contributed by atoms with E-state index in [0.29, 0.717) is 13.0 Å². The Morgan fingerprint density at radius 2 is 2.05 bits per heavy atom. The van der Waals surface area contributed by atoms with Crippen LogP contribution >= 0.6 is 15.9 Å². The van der Waals surface area contributed by atoms with Gasteiger partial charge in [-0.2, -0.15) is 5.10 Å². The van der Waals surface area contributed by atoms with Crippen LogP contribution in [0, 0.1) is 0 Å². The van der Waals surface area contributed by atoms with E-state index >= 15 is 0 Å². The van der Waals surface area contributed by atoms with Crippen LogP contribution in [0.5, 0.6) is 0 Å². The van der Waals surface area contributed by atoms with Crippen LogP contribution in [0.25, 0.3) is 0 Å². The Morgan fingerprint density at radius 1 is 1.30 bits per heavy atom. The first-order chi connectivity index (χ1) is 9.65. The van der Waals surface area contributed by atoms with Gasteiger partial charge in [-0.15, -0.1) is 0 Å². The van der Waals surface area contributed by atoms with Crippen molar-refractivity contribution in [2.24, 2.45) is 0 Å². The molecule has 0 spiro atoms. The summed E-state index contributed by atoms with van der Waals surface area (Å²) >= 11 is 3.42. The zero-order chi connectivity index (χ0) is 14.6. The third-order valence-electron chi connectivity index (χ3n) is 3.53. The minimum absolute atomic E-state index is 0.156. The smallest absolute Gasteiger partial charge is 0.138 e. The Labute approximate surface area is 126 Å². The number of rotatable bonds is 6. The van der Waals surface area contributed by atoms with Gasteiger partial charge in [0.1, 0.15) is 12.2 Å². The van der Waals surface area contributed by atoms with E-state index in [-0.39, 0.29) is 13.2 Å². The van der Waals surface area contributed by atoms with E-state index in [1.807, 2.05) is 31.2 Å². The fourth-order valence-electron chi connectivity index (χ4n) is 2.26. The number of nitrogens with zero attached hydrogens (tertiary/aromatic N) is 3. The number of hydrogen-bond donors (Lipinski definition) is 2. The highest BCUT2D eigenvalue weighted by Gasteiger charge is 2.33. The third-order valence-corrected chi connectivity index (χ3v) is 4.03. The van der Waals surface area contributed by atoms with E-state index < -0.39 is 5.41 Å². The monoisotopic (exact) mass is 339 g/mol. The highest BCUT2D eigenvalue weighted by Crippen LogP contribution is 2.29. The number of aliphatic hydroxyl groups excluding tert-OH is 2. The van der Waals surface area contributed by atoms with Gasteiger partial charge in [0.15, 0.2) is 0 Å². The van der Waals surface area contributed by atoms with Crippen molar-refractivity contribution in [3.8, 4) is 0 Å². The Hall–Kier alpha value is -1.24. The van der Waals surface area contributed by atoms with Crippen molar-refractivity contribution < 1.29 is 10.2 Å². The zero-order valence-corrected chi connectivity index (χ0v) is 12.9. The van der Waals surface area contributed by atoms with Gasteiger partial charge in [-0.1, -0.05) is 28.1 Å². The van der Waals surface area contributed by atoms with E-state index in [2.05, 4.69) is 26.0 Å². The molecular weight excluding hydrogens is 322 g/mol. The molecule has 0 fully saturated rings. The predicted molar refractivity (Wildman–Crippen MR) is 79.4 cm³/mol. The van der Waals surface area contributed by atoms with Gasteiger partial charge in [-0.25, -0.2) is 4.98 Å². The molecule has 108 valence electrons. The molecule has 5 nitrogen and oxygen atoms in total. The second-order valence-corrected chi connectivity index (χ2v) is 5.69. The summed E-state index contributed by atoms with van der Waals surface area (Å²) in [5, 5.41) is 23.8. The molecule has 0 saturated carbocycles. The Morgan fingerprint density at radius 3 is 2.65 bits per heavy atom. The lowest BCUT2D eigenvalue weighted by atomic mass is 9.78. The third kappa shape index (κ3) is 2.92. The summed E-state index contributed by atoms with van der Waals surface area (Å²) in [4.78, 5) is 4.23. The summed E-state index contributed by atoms with van der Waals surface area (Å²) in [5.74, 6) is 0.760. The van der Waals surface area contributed by atoms with Crippen molar-refractivity contribution in [2.45, 2.75) is 25.3 Å². The van der Waals surface area contributed by atoms with Gasteiger partial charge in [0.2, 0.25) is 0 Å². The lowest BCUT2D eigenvalue weighted by Crippen LogP contribution is -2.38. The molecule has 0 aliphatic rings. The normalized spacial score (nSPS) is 11.8. The van der Waals surface area contributed by atoms with Gasteiger partial charge < -0.3 is 10.2 Å². The molecule has 0 aliphatic heterocycles. The lowest BCUT2D eigenvalue weighted by molar-refractivity contribution is 0.113. The van der Waals surface area contributed by atoms with Crippen molar-refractivity contribution in [1.82, 2.24) is 14.8 Å². The first-order valence-corrected chi connectivity index (χ1v) is 7.29. The van der Waals surface area contributed by atoms with E-state index in [1.165, 1.54) is 6.33 Å². The summed E-state index contributed by atoms with van der Waals surface area (Å²) in [6.07, 6.45) is 1.93. The van der Waals surface area contributed by atoms with Crippen molar-refractivity contribution in [3.05, 3.63) is 46.5 Å². The molecule has 20 heavy (non-hydrogen) atoms. The molecule has 0 atom stereocenters. The summed E-state index contributed by atoms with van der Waals surface area (Å²) in [6.45, 7) is 2.38. The Kier molecular flexibility index (Phi) is 4.91. The first kappa shape index (κ1) is 15.2. The van der Waals surface area contributed by atoms with Gasteiger partial charge in [-0.05, 0) is 24.6 Å². The topological polar surface area (TPSA) is 71.2 Å². The predicted octanol–water partition coefficient (Wildman–Crippen LogP) is 1.53. The second-order valence-electron chi connectivity index (χ2n) is 4.78. The average molecular weight is 340 g/mol. The van der Waals surface area contributed by atoms with Crippen LogP contribution in [-0.4, -0.2) is 38.2 Å². The van der Waals surface area contributed by atoms with E-state index in [0.717, 1.165) is 15.9 Å². The molecule has 0 saturated heterocycles. The van der Waals surface area contributed by atoms with E-state index in [1.54, 1.807) is 4.68 Å². The minimum Gasteiger partial charge on any atom is -0.395 e. The number of benzene rings is 1. The standard InChI is InChI=1S/C14H18BrN3O2/c1-2-18-13(16-10-17-18)7-14(8-19,9-20)11-4-3-5-12(15)6-11/h3-6,10,19-20H,2,7-9H2,1H3. The lowest BCUT2D eigenvalue weighted by Gasteiger charge is -2.30. The quantitative estimate of drug-likeness (QED) is 0.837. The van der Waals surface area contributed by atoms with Gasteiger partial charge in [0, 0.05) is 22.9 Å². The molecule has 1 aromatic carbocycles. The molecule has 0 amide bonds. The van der Waals surface area contributed by atoms with E-state index in [4.69, 9.17) is 0 Å². The van der Waals surface area contributed by atoms with Crippen molar-refractivity contribution >= 4 is 15.9 Å². The van der Waals surface area contributed by atoms with Crippen molar-refractivity contribution in [1.29, 1.82) is 0 Å². The molecule has 1 aromatic heterocycles. The van der Waals surface area contributed by atoms with Crippen LogP contribution in [0.2, 0.25) is 0 Å². The number of aliphatic hydroxyl groups is 2. The fourth-order valence-corrected chi connectivity index (χ4v) is 2.66. The number of halogens is 1. The van der Waals surface area contributed by atoms with Crippen LogP contribution in [0.15, 0.2) is 35.1 Å². The maximum atomic E-state index is 9.85. The molecule has 2 rings (SSSR count). The molecule has 0 bridgehead atoms. The van der Waals surface area contributed by atoms with Crippen LogP contribution in [-0.2, 0) is 18.4 Å². The average Bonchev–Trinajstić information content (AvgIpc) is 2.92. The van der Waals surface area contributed by atoms with Gasteiger partial charge in [0.05, 0.1) is 13.2 Å². The van der Waals surface area contributed by atoms with Gasteiger partial charge in [-0.3, -0.25) is 4.68 Å². The zero-order valence-electron chi connectivity index (χ0n) is 11.3. The molecule has 2 aromatic rings. The van der Waals surface area contributed by atoms with Crippen LogP contribution in [0.4, 0.5) is 0 Å². The molecule has 0 aliphatic carbocycles. The van der Waals surface area contributed by atoms with Crippen LogP contribution in [0.1, 0.15) is 18.3 Å². The maximum Gasteiger partial charge on any atom is 0.138 e. The molecule has 0 unspecified atom stereocenters. The molecule has 2 N–H and O–H groups in total. The molecule has 1 heterocycles. The number of aryl methyl sites for hydroxylation is 1. The summed E-state index contributed by atoms with van der Waals surface area (Å²) in [5.41, 5.74) is 0.117. The van der Waals surface area contributed by atoms with E-state index in [9.17, 15) is 10.2 Å². The first-order valence-electron chi connectivity index (χ1n) is 6.49. The molecule has 6 heteroatoms. The van der Waals surface area contributed by atoms with Gasteiger partial charge >= 0.3 is 0 Å². The Bertz CT molecular complexity index is 567. The molecule has 0 radical (unpaired) electrons. The van der Waals surface area contributed by atoms with Crippen molar-refractivity contribution in [3.63, 3.8) is 0 Å². The Balaban J connectivity index is 2.39. The summed E-state index contributed by atoms with van der Waals surface area (Å²) in [6, 6.07) is 7.63. The SMILES string of the molecule is CCn1ncnc1CC(CO)(CO)c1cccc(Br)c1. The van der Waals surface area contributed by atoms with Crippen LogP contribution in [0.3, 0.4) is 0 Å².